The van der Waals surface area contributed by atoms with Gasteiger partial charge in [-0.3, -0.25) is 5.10 Å². The van der Waals surface area contributed by atoms with E-state index in [1.54, 1.807) is 0 Å². The second-order valence-corrected chi connectivity index (χ2v) is 3.53. The minimum Gasteiger partial charge on any atom is -0.382 e. The van der Waals surface area contributed by atoms with Gasteiger partial charge in [0, 0.05) is 0 Å². The summed E-state index contributed by atoms with van der Waals surface area (Å²) in [6.45, 7) is 0. The summed E-state index contributed by atoms with van der Waals surface area (Å²) >= 11 is 7.67. The topological polar surface area (TPSA) is 80.5 Å². The molecule has 12 heavy (non-hydrogen) atoms. The molecule has 0 saturated carbocycles. The van der Waals surface area contributed by atoms with Gasteiger partial charge in [0.2, 0.25) is 5.28 Å². The molecule has 0 fully saturated rings. The molecule has 0 amide bonds. The Morgan fingerprint density at radius 2 is 2.08 bits per heavy atom. The summed E-state index contributed by atoms with van der Waals surface area (Å²) in [5, 5.41) is 6.80. The first kappa shape index (κ1) is 7.99. The SMILES string of the molecule is Nc1nc(Cl)nc2c(I)[nH]nc12. The molecule has 7 heteroatoms. The first-order valence-corrected chi connectivity index (χ1v) is 4.46. The molecule has 3 N–H and O–H groups in total. The highest BCUT2D eigenvalue weighted by Crippen LogP contribution is 2.20. The van der Waals surface area contributed by atoms with Crippen LogP contribution in [0.3, 0.4) is 0 Å². The van der Waals surface area contributed by atoms with Gasteiger partial charge in [-0.25, -0.2) is 4.98 Å². The smallest absolute Gasteiger partial charge is 0.225 e. The molecule has 0 aliphatic rings. The van der Waals surface area contributed by atoms with Crippen molar-refractivity contribution in [1.29, 1.82) is 0 Å². The lowest BCUT2D eigenvalue weighted by Crippen LogP contribution is -1.94. The third-order valence-electron chi connectivity index (χ3n) is 1.36. The average Bonchev–Trinajstić information content (AvgIpc) is 2.33. The Morgan fingerprint density at radius 1 is 1.33 bits per heavy atom. The van der Waals surface area contributed by atoms with Gasteiger partial charge in [0.05, 0.1) is 0 Å². The summed E-state index contributed by atoms with van der Waals surface area (Å²) in [5.41, 5.74) is 6.77. The molecule has 0 aliphatic carbocycles. The highest BCUT2D eigenvalue weighted by atomic mass is 127. The van der Waals surface area contributed by atoms with E-state index in [0.29, 0.717) is 16.9 Å². The van der Waals surface area contributed by atoms with Gasteiger partial charge in [-0.05, 0) is 34.2 Å². The van der Waals surface area contributed by atoms with E-state index >= 15 is 0 Å². The Hall–Kier alpha value is -0.630. The number of nitrogens with zero attached hydrogens (tertiary/aromatic N) is 3. The van der Waals surface area contributed by atoms with Gasteiger partial charge < -0.3 is 5.73 Å². The summed E-state index contributed by atoms with van der Waals surface area (Å²) in [7, 11) is 0. The molecule has 0 aromatic carbocycles. The van der Waals surface area contributed by atoms with Gasteiger partial charge >= 0.3 is 0 Å². The van der Waals surface area contributed by atoms with E-state index in [9.17, 15) is 0 Å². The Morgan fingerprint density at radius 3 is 2.83 bits per heavy atom. The van der Waals surface area contributed by atoms with Gasteiger partial charge in [0.25, 0.3) is 0 Å². The Balaban J connectivity index is 2.92. The largest absolute Gasteiger partial charge is 0.382 e. The molecule has 0 atom stereocenters. The van der Waals surface area contributed by atoms with Crippen LogP contribution < -0.4 is 5.73 Å². The number of rotatable bonds is 0. The minimum atomic E-state index is 0.138. The fraction of sp³-hybridized carbons (Fsp3) is 0. The molecule has 62 valence electrons. The van der Waals surface area contributed by atoms with Crippen molar-refractivity contribution in [3.8, 4) is 0 Å². The van der Waals surface area contributed by atoms with E-state index in [1.807, 2.05) is 0 Å². The van der Waals surface area contributed by atoms with Crippen LogP contribution in [0.4, 0.5) is 5.82 Å². The van der Waals surface area contributed by atoms with Crippen LogP contribution >= 0.6 is 34.2 Å². The first-order chi connectivity index (χ1) is 5.68. The van der Waals surface area contributed by atoms with Crippen LogP contribution in [0.2, 0.25) is 5.28 Å². The lowest BCUT2D eigenvalue weighted by atomic mass is 10.4. The van der Waals surface area contributed by atoms with Crippen LogP contribution in [0, 0.1) is 3.70 Å². The van der Waals surface area contributed by atoms with Crippen LogP contribution in [0.1, 0.15) is 0 Å². The summed E-state index contributed by atoms with van der Waals surface area (Å²) in [6, 6.07) is 0. The standard InChI is InChI=1S/C5H3ClIN5/c6-5-9-1-2(4(8)10-5)11-12-3(1)7/h(H,11,12)(H2,8,9,10). The normalized spacial score (nSPS) is 10.8. The maximum Gasteiger partial charge on any atom is 0.225 e. The molecule has 0 radical (unpaired) electrons. The molecular formula is C5H3ClIN5. The molecule has 0 spiro atoms. The number of fused-ring (bicyclic) bond motifs is 1. The fourth-order valence-electron chi connectivity index (χ4n) is 0.865. The van der Waals surface area contributed by atoms with Gasteiger partial charge in [-0.2, -0.15) is 10.1 Å². The number of halogens is 2. The van der Waals surface area contributed by atoms with E-state index in [-0.39, 0.29) is 5.28 Å². The molecule has 2 aromatic heterocycles. The highest BCUT2D eigenvalue weighted by molar-refractivity contribution is 14.1. The third kappa shape index (κ3) is 1.11. The van der Waals surface area contributed by atoms with Crippen molar-refractivity contribution in [2.75, 3.05) is 5.73 Å². The van der Waals surface area contributed by atoms with E-state index in [1.165, 1.54) is 0 Å². The first-order valence-electron chi connectivity index (χ1n) is 3.01. The molecule has 0 bridgehead atoms. The van der Waals surface area contributed by atoms with Crippen molar-refractivity contribution in [1.82, 2.24) is 20.2 Å². The van der Waals surface area contributed by atoms with Gasteiger partial charge in [0.15, 0.2) is 11.3 Å². The van der Waals surface area contributed by atoms with Crippen LogP contribution in [-0.2, 0) is 0 Å². The zero-order valence-electron chi connectivity index (χ0n) is 5.67. The van der Waals surface area contributed by atoms with Gasteiger partial charge in [-0.1, -0.05) is 0 Å². The highest BCUT2D eigenvalue weighted by Gasteiger charge is 2.09. The quantitative estimate of drug-likeness (QED) is 0.565. The Labute approximate surface area is 85.9 Å². The number of nitrogens with one attached hydrogen (secondary N) is 1. The second-order valence-electron chi connectivity index (χ2n) is 2.11. The van der Waals surface area contributed by atoms with Crippen LogP contribution in [-0.4, -0.2) is 20.2 Å². The van der Waals surface area contributed by atoms with E-state index in [0.717, 1.165) is 3.70 Å². The number of hydrogen-bond donors (Lipinski definition) is 2. The average molecular weight is 295 g/mol. The Kier molecular flexibility index (Phi) is 1.80. The molecule has 0 unspecified atom stereocenters. The monoisotopic (exact) mass is 295 g/mol. The molecule has 2 heterocycles. The van der Waals surface area contributed by atoms with Gasteiger partial charge in [0.1, 0.15) is 9.22 Å². The van der Waals surface area contributed by atoms with Crippen molar-refractivity contribution in [2.45, 2.75) is 0 Å². The predicted octanol–water partition coefficient (Wildman–Crippen LogP) is 1.19. The fourth-order valence-corrected chi connectivity index (χ4v) is 1.54. The van der Waals surface area contributed by atoms with E-state index in [4.69, 9.17) is 17.3 Å². The Bertz CT molecular complexity index is 439. The number of H-pyrrole nitrogens is 1. The lowest BCUT2D eigenvalue weighted by Gasteiger charge is -1.93. The van der Waals surface area contributed by atoms with Crippen molar-refractivity contribution in [3.63, 3.8) is 0 Å². The maximum atomic E-state index is 5.61. The van der Waals surface area contributed by atoms with Crippen LogP contribution in [0.5, 0.6) is 0 Å². The van der Waals surface area contributed by atoms with Crippen LogP contribution in [0.25, 0.3) is 11.0 Å². The van der Waals surface area contributed by atoms with Crippen LogP contribution in [0.15, 0.2) is 0 Å². The predicted molar refractivity (Wildman–Crippen MR) is 53.8 cm³/mol. The number of aromatic amines is 1. The van der Waals surface area contributed by atoms with E-state index < -0.39 is 0 Å². The number of nitrogen functional groups attached to an aromatic ring is 1. The number of hydrogen-bond acceptors (Lipinski definition) is 4. The zero-order chi connectivity index (χ0) is 8.72. The maximum absolute atomic E-state index is 5.61. The number of anilines is 1. The number of aromatic nitrogens is 4. The van der Waals surface area contributed by atoms with Crippen molar-refractivity contribution in [3.05, 3.63) is 8.98 Å². The third-order valence-corrected chi connectivity index (χ3v) is 2.28. The van der Waals surface area contributed by atoms with Crippen molar-refractivity contribution >= 4 is 51.0 Å². The number of nitrogens with two attached hydrogens (primary N) is 1. The summed E-state index contributed by atoms with van der Waals surface area (Å²) in [5.74, 6) is 0.296. The van der Waals surface area contributed by atoms with Gasteiger partial charge in [-0.15, -0.1) is 0 Å². The summed E-state index contributed by atoms with van der Waals surface area (Å²) in [4.78, 5) is 7.73. The molecule has 0 saturated heterocycles. The van der Waals surface area contributed by atoms with Crippen molar-refractivity contribution < 1.29 is 0 Å². The molecule has 0 aliphatic heterocycles. The molecule has 2 rings (SSSR count). The van der Waals surface area contributed by atoms with Crippen molar-refractivity contribution in [2.24, 2.45) is 0 Å². The zero-order valence-corrected chi connectivity index (χ0v) is 8.59. The molecular weight excluding hydrogens is 292 g/mol. The molecule has 2 aromatic rings. The van der Waals surface area contributed by atoms with E-state index in [2.05, 4.69) is 42.8 Å². The lowest BCUT2D eigenvalue weighted by molar-refractivity contribution is 1.09. The molecule has 5 nitrogen and oxygen atoms in total. The second kappa shape index (κ2) is 2.70. The summed E-state index contributed by atoms with van der Waals surface area (Å²) < 4.78 is 0.804. The minimum absolute atomic E-state index is 0.138. The summed E-state index contributed by atoms with van der Waals surface area (Å²) in [6.07, 6.45) is 0.